The Kier molecular flexibility index (Phi) is 2.83. The summed E-state index contributed by atoms with van der Waals surface area (Å²) in [6.07, 6.45) is 3.52. The van der Waals surface area contributed by atoms with E-state index in [1.807, 2.05) is 13.8 Å². The lowest BCUT2D eigenvalue weighted by Gasteiger charge is -2.28. The summed E-state index contributed by atoms with van der Waals surface area (Å²) in [4.78, 5) is 6.07. The highest BCUT2D eigenvalue weighted by Crippen LogP contribution is 2.34. The lowest BCUT2D eigenvalue weighted by molar-refractivity contribution is 0.0552. The Hall–Kier alpha value is -0.450. The van der Waals surface area contributed by atoms with Gasteiger partial charge in [0.2, 0.25) is 0 Å². The number of methoxy groups -OCH3 is 1. The van der Waals surface area contributed by atoms with Crippen LogP contribution in [0.1, 0.15) is 35.8 Å². The topological polar surface area (TPSA) is 48.1 Å². The highest BCUT2D eigenvalue weighted by molar-refractivity contribution is 7.12. The number of ether oxygens (including phenoxy) is 1. The van der Waals surface area contributed by atoms with Crippen molar-refractivity contribution in [2.45, 2.75) is 44.8 Å². The number of nitrogens with two attached hydrogens (primary N) is 1. The third-order valence-electron chi connectivity index (χ3n) is 3.25. The molecule has 0 saturated carbocycles. The summed E-state index contributed by atoms with van der Waals surface area (Å²) in [5, 5.41) is 1.02. The Morgan fingerprint density at radius 3 is 2.87 bits per heavy atom. The summed E-state index contributed by atoms with van der Waals surface area (Å²) in [6, 6.07) is 0. The molecule has 0 aliphatic heterocycles. The number of aryl methyl sites for hydroxylation is 2. The average molecular weight is 226 g/mol. The van der Waals surface area contributed by atoms with Crippen LogP contribution in [0.4, 0.5) is 0 Å². The van der Waals surface area contributed by atoms with E-state index in [0.717, 1.165) is 11.4 Å². The number of fused-ring (bicyclic) bond motifs is 1. The van der Waals surface area contributed by atoms with Gasteiger partial charge in [-0.1, -0.05) is 0 Å². The zero-order valence-corrected chi connectivity index (χ0v) is 10.4. The molecular weight excluding hydrogens is 208 g/mol. The van der Waals surface area contributed by atoms with Crippen molar-refractivity contribution in [2.75, 3.05) is 7.11 Å². The maximum absolute atomic E-state index is 6.28. The molecule has 0 spiro atoms. The normalized spacial score (nSPS) is 21.1. The number of aromatic nitrogens is 1. The minimum atomic E-state index is -0.468. The molecule has 0 saturated heterocycles. The maximum atomic E-state index is 6.28. The van der Waals surface area contributed by atoms with Crippen molar-refractivity contribution in [1.29, 1.82) is 0 Å². The lowest BCUT2D eigenvalue weighted by Crippen LogP contribution is -2.44. The highest BCUT2D eigenvalue weighted by Gasteiger charge is 2.33. The van der Waals surface area contributed by atoms with Crippen LogP contribution in [-0.4, -0.2) is 18.2 Å². The summed E-state index contributed by atoms with van der Waals surface area (Å²) >= 11 is 1.76. The SMILES string of the molecule is COC(C)C(C)(N)c1nc2c(s1)CCC2. The van der Waals surface area contributed by atoms with E-state index in [4.69, 9.17) is 10.5 Å². The van der Waals surface area contributed by atoms with Crippen LogP contribution in [0.25, 0.3) is 0 Å². The summed E-state index contributed by atoms with van der Waals surface area (Å²) < 4.78 is 5.31. The molecule has 1 heterocycles. The molecule has 0 amide bonds. The van der Waals surface area contributed by atoms with Gasteiger partial charge >= 0.3 is 0 Å². The fraction of sp³-hybridized carbons (Fsp3) is 0.727. The zero-order chi connectivity index (χ0) is 11.1. The van der Waals surface area contributed by atoms with Gasteiger partial charge in [0, 0.05) is 12.0 Å². The van der Waals surface area contributed by atoms with Gasteiger partial charge in [-0.05, 0) is 33.1 Å². The zero-order valence-electron chi connectivity index (χ0n) is 9.54. The molecule has 2 atom stereocenters. The number of rotatable bonds is 3. The van der Waals surface area contributed by atoms with E-state index in [2.05, 4.69) is 4.98 Å². The molecule has 1 aromatic rings. The summed E-state index contributed by atoms with van der Waals surface area (Å²) in [6.45, 7) is 3.99. The molecule has 1 aliphatic carbocycles. The van der Waals surface area contributed by atoms with Gasteiger partial charge in [0.15, 0.2) is 0 Å². The monoisotopic (exact) mass is 226 g/mol. The van der Waals surface area contributed by atoms with Crippen LogP contribution >= 0.6 is 11.3 Å². The van der Waals surface area contributed by atoms with Crippen LogP contribution in [0.5, 0.6) is 0 Å². The van der Waals surface area contributed by atoms with Crippen LogP contribution < -0.4 is 5.73 Å². The molecule has 2 N–H and O–H groups in total. The van der Waals surface area contributed by atoms with E-state index in [0.29, 0.717) is 0 Å². The molecule has 1 aromatic heterocycles. The minimum Gasteiger partial charge on any atom is -0.379 e. The molecule has 84 valence electrons. The molecule has 0 aromatic carbocycles. The van der Waals surface area contributed by atoms with Gasteiger partial charge in [0.25, 0.3) is 0 Å². The molecule has 15 heavy (non-hydrogen) atoms. The Bertz CT molecular complexity index is 338. The van der Waals surface area contributed by atoms with Crippen molar-refractivity contribution >= 4 is 11.3 Å². The Morgan fingerprint density at radius 2 is 2.27 bits per heavy atom. The fourth-order valence-corrected chi connectivity index (χ4v) is 3.13. The summed E-state index contributed by atoms with van der Waals surface area (Å²) in [5.41, 5.74) is 7.07. The van der Waals surface area contributed by atoms with E-state index >= 15 is 0 Å². The van der Waals surface area contributed by atoms with Crippen molar-refractivity contribution in [3.8, 4) is 0 Å². The van der Waals surface area contributed by atoms with Crippen LogP contribution in [0.3, 0.4) is 0 Å². The second-order valence-corrected chi connectivity index (χ2v) is 5.49. The second-order valence-electron chi connectivity index (χ2n) is 4.40. The molecule has 0 radical (unpaired) electrons. The van der Waals surface area contributed by atoms with E-state index in [-0.39, 0.29) is 6.10 Å². The lowest BCUT2D eigenvalue weighted by atomic mass is 9.98. The molecular formula is C11H18N2OS. The Labute approximate surface area is 94.7 Å². The number of hydrogen-bond acceptors (Lipinski definition) is 4. The van der Waals surface area contributed by atoms with Crippen molar-refractivity contribution in [3.63, 3.8) is 0 Å². The van der Waals surface area contributed by atoms with Crippen LogP contribution in [0, 0.1) is 0 Å². The van der Waals surface area contributed by atoms with E-state index in [9.17, 15) is 0 Å². The quantitative estimate of drug-likeness (QED) is 0.855. The minimum absolute atomic E-state index is 0.0104. The van der Waals surface area contributed by atoms with E-state index in [1.165, 1.54) is 23.4 Å². The van der Waals surface area contributed by atoms with Crippen molar-refractivity contribution in [1.82, 2.24) is 4.98 Å². The molecule has 1 aliphatic rings. The average Bonchev–Trinajstić information content (AvgIpc) is 2.75. The third-order valence-corrected chi connectivity index (χ3v) is 4.67. The van der Waals surface area contributed by atoms with Crippen LogP contribution in [-0.2, 0) is 23.1 Å². The van der Waals surface area contributed by atoms with Gasteiger partial charge in [0.1, 0.15) is 5.01 Å². The molecule has 3 nitrogen and oxygen atoms in total. The smallest absolute Gasteiger partial charge is 0.115 e. The molecule has 0 bridgehead atoms. The predicted octanol–water partition coefficient (Wildman–Crippen LogP) is 1.84. The van der Waals surface area contributed by atoms with Crippen molar-refractivity contribution in [3.05, 3.63) is 15.6 Å². The van der Waals surface area contributed by atoms with Gasteiger partial charge in [-0.25, -0.2) is 4.98 Å². The summed E-state index contributed by atoms with van der Waals surface area (Å²) in [5.74, 6) is 0. The summed E-state index contributed by atoms with van der Waals surface area (Å²) in [7, 11) is 1.69. The van der Waals surface area contributed by atoms with Gasteiger partial charge in [-0.2, -0.15) is 0 Å². The fourth-order valence-electron chi connectivity index (χ4n) is 1.84. The Morgan fingerprint density at radius 1 is 1.53 bits per heavy atom. The van der Waals surface area contributed by atoms with Crippen molar-refractivity contribution in [2.24, 2.45) is 5.73 Å². The van der Waals surface area contributed by atoms with Gasteiger partial charge in [-0.15, -0.1) is 11.3 Å². The van der Waals surface area contributed by atoms with Crippen molar-refractivity contribution < 1.29 is 4.74 Å². The first-order chi connectivity index (χ1) is 7.05. The number of nitrogens with zero attached hydrogens (tertiary/aromatic N) is 1. The van der Waals surface area contributed by atoms with Crippen LogP contribution in [0.2, 0.25) is 0 Å². The first-order valence-electron chi connectivity index (χ1n) is 5.36. The van der Waals surface area contributed by atoms with E-state index < -0.39 is 5.54 Å². The first-order valence-corrected chi connectivity index (χ1v) is 6.18. The molecule has 0 fully saturated rings. The van der Waals surface area contributed by atoms with E-state index in [1.54, 1.807) is 18.4 Å². The molecule has 4 heteroatoms. The maximum Gasteiger partial charge on any atom is 0.115 e. The number of hydrogen-bond donors (Lipinski definition) is 1. The first kappa shape index (κ1) is 11.0. The molecule has 2 unspecified atom stereocenters. The third kappa shape index (κ3) is 1.82. The largest absolute Gasteiger partial charge is 0.379 e. The number of thiazole rings is 1. The van der Waals surface area contributed by atoms with Gasteiger partial charge < -0.3 is 10.5 Å². The van der Waals surface area contributed by atoms with Crippen LogP contribution in [0.15, 0.2) is 0 Å². The van der Waals surface area contributed by atoms with Gasteiger partial charge in [-0.3, -0.25) is 0 Å². The molecule has 2 rings (SSSR count). The Balaban J connectivity index is 2.29. The van der Waals surface area contributed by atoms with Gasteiger partial charge in [0.05, 0.1) is 17.3 Å². The standard InChI is InChI=1S/C11H18N2OS/c1-7(14-3)11(2,12)10-13-8-5-4-6-9(8)15-10/h7H,4-6,12H2,1-3H3. The second kappa shape index (κ2) is 3.85. The highest BCUT2D eigenvalue weighted by atomic mass is 32.1. The predicted molar refractivity (Wildman–Crippen MR) is 62.1 cm³/mol.